The predicted octanol–water partition coefficient (Wildman–Crippen LogP) is 3.29. The van der Waals surface area contributed by atoms with Gasteiger partial charge in [-0.3, -0.25) is 4.79 Å². The highest BCUT2D eigenvalue weighted by Crippen LogP contribution is 2.15. The van der Waals surface area contributed by atoms with Gasteiger partial charge in [-0.15, -0.1) is 0 Å². The summed E-state index contributed by atoms with van der Waals surface area (Å²) in [5, 5.41) is 4.69. The molecule has 3 nitrogen and oxygen atoms in total. The van der Waals surface area contributed by atoms with Crippen LogP contribution in [0.15, 0.2) is 36.4 Å². The Morgan fingerprint density at radius 2 is 1.57 bits per heavy atom. The Bertz CT molecular complexity index is 656. The van der Waals surface area contributed by atoms with Gasteiger partial charge in [0.15, 0.2) is 0 Å². The molecule has 0 saturated carbocycles. The molecular weight excluding hydrogens is 288 g/mol. The molecule has 0 fully saturated rings. The van der Waals surface area contributed by atoms with Gasteiger partial charge >= 0.3 is 0 Å². The summed E-state index contributed by atoms with van der Waals surface area (Å²) in [6, 6.07) is 5.41. The normalized spacial score (nSPS) is 10.3. The van der Waals surface area contributed by atoms with E-state index in [4.69, 9.17) is 0 Å². The number of carbonyl (C=O) groups excluding carboxylic acids is 1. The second kappa shape index (κ2) is 6.25. The average molecular weight is 298 g/mol. The van der Waals surface area contributed by atoms with Crippen LogP contribution in [0.2, 0.25) is 0 Å². The maximum Gasteiger partial charge on any atom is 0.243 e. The topological polar surface area (TPSA) is 41.1 Å². The van der Waals surface area contributed by atoms with Crippen LogP contribution in [0.5, 0.6) is 0 Å². The van der Waals surface area contributed by atoms with Crippen LogP contribution in [0.4, 0.5) is 28.9 Å². The number of halogens is 4. The Morgan fingerprint density at radius 3 is 2.19 bits per heavy atom. The summed E-state index contributed by atoms with van der Waals surface area (Å²) >= 11 is 0. The Kier molecular flexibility index (Phi) is 4.42. The lowest BCUT2D eigenvalue weighted by atomic mass is 10.3. The molecule has 0 aliphatic rings. The molecule has 0 radical (unpaired) electrons. The minimum Gasteiger partial charge on any atom is -0.376 e. The van der Waals surface area contributed by atoms with Crippen molar-refractivity contribution in [3.63, 3.8) is 0 Å². The zero-order valence-corrected chi connectivity index (χ0v) is 10.6. The van der Waals surface area contributed by atoms with E-state index >= 15 is 0 Å². The molecule has 21 heavy (non-hydrogen) atoms. The number of anilines is 2. The molecule has 0 aliphatic carbocycles. The number of benzene rings is 2. The highest BCUT2D eigenvalue weighted by molar-refractivity contribution is 5.93. The molecule has 2 rings (SSSR count). The third-order valence-electron chi connectivity index (χ3n) is 2.52. The van der Waals surface area contributed by atoms with Crippen LogP contribution in [0.25, 0.3) is 0 Å². The average Bonchev–Trinajstić information content (AvgIpc) is 2.39. The molecule has 1 amide bonds. The summed E-state index contributed by atoms with van der Waals surface area (Å²) in [6.07, 6.45) is 0. The first-order valence-electron chi connectivity index (χ1n) is 5.89. The van der Waals surface area contributed by atoms with E-state index < -0.39 is 29.2 Å². The summed E-state index contributed by atoms with van der Waals surface area (Å²) in [7, 11) is 0. The third-order valence-corrected chi connectivity index (χ3v) is 2.52. The second-order valence-corrected chi connectivity index (χ2v) is 4.18. The molecule has 2 aromatic carbocycles. The van der Waals surface area contributed by atoms with Gasteiger partial charge in [-0.2, -0.15) is 0 Å². The van der Waals surface area contributed by atoms with Crippen LogP contribution in [-0.4, -0.2) is 12.5 Å². The van der Waals surface area contributed by atoms with Gasteiger partial charge in [0.1, 0.15) is 23.3 Å². The van der Waals surface area contributed by atoms with Crippen molar-refractivity contribution < 1.29 is 22.4 Å². The lowest BCUT2D eigenvalue weighted by Gasteiger charge is -2.09. The first kappa shape index (κ1) is 14.8. The molecule has 0 saturated heterocycles. The van der Waals surface area contributed by atoms with Gasteiger partial charge in [0.25, 0.3) is 0 Å². The number of hydrogen-bond acceptors (Lipinski definition) is 2. The maximum atomic E-state index is 13.3. The fourth-order valence-corrected chi connectivity index (χ4v) is 1.62. The monoisotopic (exact) mass is 298 g/mol. The molecule has 0 aliphatic heterocycles. The predicted molar refractivity (Wildman–Crippen MR) is 69.8 cm³/mol. The van der Waals surface area contributed by atoms with Crippen LogP contribution >= 0.6 is 0 Å². The summed E-state index contributed by atoms with van der Waals surface area (Å²) in [6.45, 7) is -0.334. The second-order valence-electron chi connectivity index (χ2n) is 4.18. The molecule has 110 valence electrons. The fraction of sp³-hybridized carbons (Fsp3) is 0.0714. The van der Waals surface area contributed by atoms with Gasteiger partial charge < -0.3 is 10.6 Å². The van der Waals surface area contributed by atoms with E-state index in [9.17, 15) is 22.4 Å². The number of amides is 1. The molecule has 2 aromatic rings. The first-order valence-corrected chi connectivity index (χ1v) is 5.89. The number of carbonyl (C=O) groups is 1. The largest absolute Gasteiger partial charge is 0.376 e. The van der Waals surface area contributed by atoms with Gasteiger partial charge in [0.05, 0.1) is 12.2 Å². The van der Waals surface area contributed by atoms with Gasteiger partial charge in [-0.05, 0) is 24.3 Å². The van der Waals surface area contributed by atoms with Gasteiger partial charge in [0.2, 0.25) is 5.91 Å². The molecule has 2 N–H and O–H groups in total. The van der Waals surface area contributed by atoms with Crippen LogP contribution in [0, 0.1) is 23.3 Å². The van der Waals surface area contributed by atoms with E-state index in [-0.39, 0.29) is 17.9 Å². The Balaban J connectivity index is 1.95. The fourth-order valence-electron chi connectivity index (χ4n) is 1.62. The van der Waals surface area contributed by atoms with Crippen molar-refractivity contribution in [2.45, 2.75) is 0 Å². The van der Waals surface area contributed by atoms with E-state index in [1.807, 2.05) is 0 Å². The van der Waals surface area contributed by atoms with E-state index in [2.05, 4.69) is 10.6 Å². The quantitative estimate of drug-likeness (QED) is 0.850. The van der Waals surface area contributed by atoms with Crippen molar-refractivity contribution >= 4 is 17.3 Å². The Morgan fingerprint density at radius 1 is 0.905 bits per heavy atom. The molecule has 0 unspecified atom stereocenters. The molecule has 7 heteroatoms. The lowest BCUT2D eigenvalue weighted by molar-refractivity contribution is -0.114. The number of nitrogens with one attached hydrogen (secondary N) is 2. The molecule has 0 bridgehead atoms. The van der Waals surface area contributed by atoms with E-state index in [0.717, 1.165) is 24.3 Å². The van der Waals surface area contributed by atoms with Gasteiger partial charge in [-0.1, -0.05) is 0 Å². The van der Waals surface area contributed by atoms with Crippen molar-refractivity contribution in [2.24, 2.45) is 0 Å². The summed E-state index contributed by atoms with van der Waals surface area (Å²) < 4.78 is 51.8. The van der Waals surface area contributed by atoms with E-state index in [1.54, 1.807) is 0 Å². The summed E-state index contributed by atoms with van der Waals surface area (Å²) in [5.41, 5.74) is -0.115. The smallest absolute Gasteiger partial charge is 0.243 e. The minimum absolute atomic E-state index is 0.0715. The molecule has 0 heterocycles. The molecule has 0 atom stereocenters. The highest BCUT2D eigenvalue weighted by Gasteiger charge is 2.08. The zero-order valence-electron chi connectivity index (χ0n) is 10.6. The Labute approximate surface area is 117 Å². The van der Waals surface area contributed by atoms with Crippen molar-refractivity contribution in [1.29, 1.82) is 0 Å². The lowest BCUT2D eigenvalue weighted by Crippen LogP contribution is -2.22. The van der Waals surface area contributed by atoms with Gasteiger partial charge in [0, 0.05) is 17.8 Å². The van der Waals surface area contributed by atoms with E-state index in [0.29, 0.717) is 12.1 Å². The summed E-state index contributed by atoms with van der Waals surface area (Å²) in [4.78, 5) is 11.6. The Hall–Kier alpha value is -2.57. The number of hydrogen-bond donors (Lipinski definition) is 2. The van der Waals surface area contributed by atoms with Crippen molar-refractivity contribution in [1.82, 2.24) is 0 Å². The van der Waals surface area contributed by atoms with Crippen LogP contribution in [0.3, 0.4) is 0 Å². The van der Waals surface area contributed by atoms with Crippen LogP contribution < -0.4 is 10.6 Å². The van der Waals surface area contributed by atoms with Crippen molar-refractivity contribution in [3.8, 4) is 0 Å². The SMILES string of the molecule is O=C(CNc1cc(F)cc(F)c1)Nc1ccc(F)cc1F. The standard InChI is InChI=1S/C14H10F4N2O/c15-8-1-2-13(12(18)6-8)20-14(21)7-19-11-4-9(16)3-10(17)5-11/h1-6,19H,7H2,(H,20,21). The summed E-state index contributed by atoms with van der Waals surface area (Å²) in [5.74, 6) is -3.91. The third kappa shape index (κ3) is 4.20. The van der Waals surface area contributed by atoms with Crippen LogP contribution in [-0.2, 0) is 4.79 Å². The maximum absolute atomic E-state index is 13.3. The highest BCUT2D eigenvalue weighted by atomic mass is 19.1. The molecule has 0 aromatic heterocycles. The minimum atomic E-state index is -0.917. The zero-order chi connectivity index (χ0) is 15.4. The van der Waals surface area contributed by atoms with E-state index in [1.165, 1.54) is 0 Å². The molecular formula is C14H10F4N2O. The van der Waals surface area contributed by atoms with Gasteiger partial charge in [-0.25, -0.2) is 17.6 Å². The van der Waals surface area contributed by atoms with Crippen LogP contribution in [0.1, 0.15) is 0 Å². The number of rotatable bonds is 4. The van der Waals surface area contributed by atoms with Crippen molar-refractivity contribution in [3.05, 3.63) is 59.7 Å². The van der Waals surface area contributed by atoms with Crippen molar-refractivity contribution in [2.75, 3.05) is 17.2 Å². The molecule has 0 spiro atoms. The first-order chi connectivity index (χ1) is 9.94.